The molecule has 1 N–H and O–H groups in total. The van der Waals surface area contributed by atoms with Crippen molar-refractivity contribution in [3.05, 3.63) is 28.3 Å². The van der Waals surface area contributed by atoms with Crippen LogP contribution in [0, 0.1) is 21.4 Å². The monoisotopic (exact) mass is 393 g/mol. The number of thioether (sulfide) groups is 1. The summed E-state index contributed by atoms with van der Waals surface area (Å²) in [5.74, 6) is -0.0370. The van der Waals surface area contributed by atoms with Gasteiger partial charge in [-0.05, 0) is 33.3 Å². The quantitative estimate of drug-likeness (QED) is 0.321. The van der Waals surface area contributed by atoms with Gasteiger partial charge in [-0.3, -0.25) is 14.9 Å². The third-order valence-electron chi connectivity index (χ3n) is 4.28. The molecule has 1 aliphatic heterocycles. The summed E-state index contributed by atoms with van der Waals surface area (Å²) in [7, 11) is 0. The molecule has 0 aromatic heterocycles. The van der Waals surface area contributed by atoms with E-state index in [9.17, 15) is 14.9 Å². The van der Waals surface area contributed by atoms with Crippen LogP contribution in [0.15, 0.2) is 23.1 Å². The van der Waals surface area contributed by atoms with Crippen molar-refractivity contribution < 1.29 is 14.5 Å². The number of carbonyl (C=O) groups excluding carboxylic acids is 1. The van der Waals surface area contributed by atoms with E-state index in [-0.39, 0.29) is 16.6 Å². The van der Waals surface area contributed by atoms with Crippen LogP contribution >= 0.6 is 11.8 Å². The molecule has 27 heavy (non-hydrogen) atoms. The van der Waals surface area contributed by atoms with E-state index < -0.39 is 11.5 Å². The van der Waals surface area contributed by atoms with Crippen LogP contribution in [-0.4, -0.2) is 41.0 Å². The maximum Gasteiger partial charge on any atom is 0.315 e. The summed E-state index contributed by atoms with van der Waals surface area (Å²) in [6.45, 7) is 8.76. The van der Waals surface area contributed by atoms with Crippen molar-refractivity contribution >= 4 is 34.8 Å². The van der Waals surface area contributed by atoms with Gasteiger partial charge in [-0.2, -0.15) is 0 Å². The number of carbonyl (C=O) groups is 1. The highest BCUT2D eigenvalue weighted by Crippen LogP contribution is 2.37. The Bertz CT molecular complexity index is 730. The highest BCUT2D eigenvalue weighted by molar-refractivity contribution is 7.99. The molecule has 2 rings (SSSR count). The summed E-state index contributed by atoms with van der Waals surface area (Å²) in [5, 5.41) is 19.3. The first-order valence-corrected chi connectivity index (χ1v) is 10.1. The van der Waals surface area contributed by atoms with Crippen LogP contribution in [0.2, 0.25) is 0 Å². The average molecular weight is 394 g/mol. The number of esters is 1. The van der Waals surface area contributed by atoms with Gasteiger partial charge in [-0.15, -0.1) is 11.8 Å². The molecule has 1 atom stereocenters. The fourth-order valence-electron chi connectivity index (χ4n) is 2.97. The molecule has 1 aromatic rings. The van der Waals surface area contributed by atoms with E-state index >= 15 is 0 Å². The highest BCUT2D eigenvalue weighted by atomic mass is 32.2. The van der Waals surface area contributed by atoms with Crippen molar-refractivity contribution in [2.45, 2.75) is 51.0 Å². The van der Waals surface area contributed by atoms with Gasteiger partial charge >= 0.3 is 5.97 Å². The Kier molecular flexibility index (Phi) is 6.86. The van der Waals surface area contributed by atoms with E-state index in [1.165, 1.54) is 6.07 Å². The van der Waals surface area contributed by atoms with E-state index in [1.54, 1.807) is 23.9 Å². The molecule has 0 radical (unpaired) electrons. The molecule has 148 valence electrons. The fraction of sp³-hybridized carbons (Fsp3) is 0.579. The summed E-state index contributed by atoms with van der Waals surface area (Å²) >= 11 is 1.61. The van der Waals surface area contributed by atoms with Crippen molar-refractivity contribution in [2.24, 2.45) is 5.92 Å². The summed E-state index contributed by atoms with van der Waals surface area (Å²) in [4.78, 5) is 25.9. The van der Waals surface area contributed by atoms with Crippen molar-refractivity contribution in [2.75, 3.05) is 23.7 Å². The smallest absolute Gasteiger partial charge is 0.315 e. The number of ether oxygens (including phenoxy) is 1. The van der Waals surface area contributed by atoms with E-state index in [0.29, 0.717) is 25.1 Å². The lowest BCUT2D eigenvalue weighted by atomic mass is 9.97. The lowest BCUT2D eigenvalue weighted by Crippen LogP contribution is -2.35. The van der Waals surface area contributed by atoms with Crippen LogP contribution < -0.4 is 4.90 Å². The number of anilines is 1. The van der Waals surface area contributed by atoms with Crippen LogP contribution in [0.3, 0.4) is 0 Å². The topological polar surface area (TPSA) is 96.5 Å². The van der Waals surface area contributed by atoms with Crippen molar-refractivity contribution in [3.8, 4) is 0 Å². The zero-order valence-corrected chi connectivity index (χ0v) is 17.1. The summed E-state index contributed by atoms with van der Waals surface area (Å²) in [6.07, 6.45) is 0.991. The molecule has 1 aliphatic rings. The molecular formula is C19H27N3O4S. The lowest BCUT2D eigenvalue weighted by Gasteiger charge is -2.31. The standard InChI is InChI=1S/C19H27N3O4S/c1-5-14(18(23)26-19(2,3)4)15(20)8-9-21-10-11-27-17-12-13(22(24)25)6-7-16(17)21/h6-7,12,14,20H,5,8-11H2,1-4H3/t14-/m0/s1. The Hall–Kier alpha value is -2.09. The first-order valence-electron chi connectivity index (χ1n) is 9.08. The second kappa shape index (κ2) is 8.73. The number of benzene rings is 1. The minimum atomic E-state index is -0.567. The number of nitrogens with zero attached hydrogens (tertiary/aromatic N) is 2. The second-order valence-electron chi connectivity index (χ2n) is 7.51. The number of rotatable bonds is 7. The number of fused-ring (bicyclic) bond motifs is 1. The first kappa shape index (κ1) is 21.2. The molecule has 0 amide bonds. The number of hydrogen-bond donors (Lipinski definition) is 1. The third kappa shape index (κ3) is 5.69. The van der Waals surface area contributed by atoms with Crippen molar-refractivity contribution in [3.63, 3.8) is 0 Å². The maximum absolute atomic E-state index is 12.3. The predicted octanol–water partition coefficient (Wildman–Crippen LogP) is 4.28. The molecule has 0 aliphatic carbocycles. The zero-order chi connectivity index (χ0) is 20.2. The molecule has 0 saturated heterocycles. The van der Waals surface area contributed by atoms with Gasteiger partial charge in [0.05, 0.1) is 16.5 Å². The normalized spacial score (nSPS) is 15.0. The van der Waals surface area contributed by atoms with Crippen LogP contribution in [-0.2, 0) is 9.53 Å². The molecule has 0 saturated carbocycles. The van der Waals surface area contributed by atoms with Crippen LogP contribution in [0.1, 0.15) is 40.5 Å². The predicted molar refractivity (Wildman–Crippen MR) is 108 cm³/mol. The zero-order valence-electron chi connectivity index (χ0n) is 16.3. The Morgan fingerprint density at radius 1 is 1.44 bits per heavy atom. The van der Waals surface area contributed by atoms with Crippen molar-refractivity contribution in [1.29, 1.82) is 5.41 Å². The van der Waals surface area contributed by atoms with E-state index in [4.69, 9.17) is 10.1 Å². The molecule has 1 aromatic carbocycles. The van der Waals surface area contributed by atoms with Gasteiger partial charge in [0.1, 0.15) is 5.60 Å². The molecule has 8 heteroatoms. The van der Waals surface area contributed by atoms with Crippen LogP contribution in [0.25, 0.3) is 0 Å². The molecule has 0 spiro atoms. The SMILES string of the molecule is CC[C@@H](C(=N)CCN1CCSc2cc([N+](=O)[O-])ccc21)C(=O)OC(C)(C)C. The van der Waals surface area contributed by atoms with Crippen LogP contribution in [0.5, 0.6) is 0 Å². The minimum Gasteiger partial charge on any atom is -0.459 e. The number of non-ortho nitro benzene ring substituents is 1. The van der Waals surface area contributed by atoms with Crippen molar-refractivity contribution in [1.82, 2.24) is 0 Å². The molecule has 0 fully saturated rings. The molecule has 0 bridgehead atoms. The van der Waals surface area contributed by atoms with Crippen LogP contribution in [0.4, 0.5) is 11.4 Å². The van der Waals surface area contributed by atoms with E-state index in [2.05, 4.69) is 4.90 Å². The molecular weight excluding hydrogens is 366 g/mol. The molecule has 7 nitrogen and oxygen atoms in total. The van der Waals surface area contributed by atoms with Gasteiger partial charge < -0.3 is 15.0 Å². The highest BCUT2D eigenvalue weighted by Gasteiger charge is 2.28. The number of nitrogens with one attached hydrogen (secondary N) is 1. The summed E-state index contributed by atoms with van der Waals surface area (Å²) in [6, 6.07) is 4.89. The van der Waals surface area contributed by atoms with Gasteiger partial charge in [0.25, 0.3) is 5.69 Å². The van der Waals surface area contributed by atoms with Gasteiger partial charge in [0.15, 0.2) is 0 Å². The largest absolute Gasteiger partial charge is 0.459 e. The Morgan fingerprint density at radius 3 is 2.74 bits per heavy atom. The van der Waals surface area contributed by atoms with E-state index in [0.717, 1.165) is 22.9 Å². The Morgan fingerprint density at radius 2 is 2.15 bits per heavy atom. The van der Waals surface area contributed by atoms with Gasteiger partial charge in [-0.1, -0.05) is 6.92 Å². The minimum absolute atomic E-state index is 0.0896. The molecule has 0 unspecified atom stereocenters. The molecule has 1 heterocycles. The number of nitro benzene ring substituents is 1. The van der Waals surface area contributed by atoms with Gasteiger partial charge in [0.2, 0.25) is 0 Å². The van der Waals surface area contributed by atoms with E-state index in [1.807, 2.05) is 27.7 Å². The summed E-state index contributed by atoms with van der Waals surface area (Å²) in [5.41, 5.74) is 0.845. The second-order valence-corrected chi connectivity index (χ2v) is 8.65. The Balaban J connectivity index is 2.03. The fourth-order valence-corrected chi connectivity index (χ4v) is 4.05. The van der Waals surface area contributed by atoms with Gasteiger partial charge in [-0.25, -0.2) is 0 Å². The third-order valence-corrected chi connectivity index (χ3v) is 5.31. The van der Waals surface area contributed by atoms with Gasteiger partial charge in [0, 0.05) is 48.0 Å². The summed E-state index contributed by atoms with van der Waals surface area (Å²) < 4.78 is 5.43. The maximum atomic E-state index is 12.3. The number of nitro groups is 1. The average Bonchev–Trinajstić information content (AvgIpc) is 2.58. The first-order chi connectivity index (χ1) is 12.6. The lowest BCUT2D eigenvalue weighted by molar-refractivity contribution is -0.385. The Labute approximate surface area is 164 Å². The number of hydrogen-bond acceptors (Lipinski definition) is 7.